The number of aromatic nitrogens is 2. The first-order chi connectivity index (χ1) is 6.69. The lowest BCUT2D eigenvalue weighted by molar-refractivity contribution is 0.0951. The zero-order valence-electron chi connectivity index (χ0n) is 8.07. The Hall–Kier alpha value is -1.41. The van der Waals surface area contributed by atoms with Crippen LogP contribution in [0.15, 0.2) is 0 Å². The van der Waals surface area contributed by atoms with Crippen molar-refractivity contribution >= 4 is 17.4 Å². The zero-order valence-corrected chi connectivity index (χ0v) is 8.89. The second kappa shape index (κ2) is 4.72. The molecule has 1 aromatic heterocycles. The van der Waals surface area contributed by atoms with E-state index < -0.39 is 0 Å². The molecule has 0 bridgehead atoms. The number of rotatable bonds is 3. The van der Waals surface area contributed by atoms with Gasteiger partial charge in [-0.3, -0.25) is 4.79 Å². The standard InChI is InChI=1S/C9H11N3OS/c1-4-6(3)10-9(13)8-7(5-2)11-12-14-8/h1,6H,5H2,2-3H3,(H,10,13). The minimum absolute atomic E-state index is 0.192. The number of hydrogen-bond donors (Lipinski definition) is 1. The fourth-order valence-corrected chi connectivity index (χ4v) is 1.57. The maximum absolute atomic E-state index is 11.6. The average molecular weight is 209 g/mol. The summed E-state index contributed by atoms with van der Waals surface area (Å²) in [4.78, 5) is 12.1. The molecule has 0 saturated carbocycles. The van der Waals surface area contributed by atoms with Crippen molar-refractivity contribution < 1.29 is 4.79 Å². The molecule has 0 fully saturated rings. The van der Waals surface area contributed by atoms with E-state index in [-0.39, 0.29) is 11.9 Å². The van der Waals surface area contributed by atoms with Crippen molar-refractivity contribution in [1.29, 1.82) is 0 Å². The fourth-order valence-electron chi connectivity index (χ4n) is 0.916. The van der Waals surface area contributed by atoms with Crippen molar-refractivity contribution in [2.45, 2.75) is 26.3 Å². The van der Waals surface area contributed by atoms with Crippen LogP contribution in [0.1, 0.15) is 29.2 Å². The van der Waals surface area contributed by atoms with E-state index in [2.05, 4.69) is 20.8 Å². The Balaban J connectivity index is 2.75. The number of amides is 1. The molecule has 1 amide bonds. The molecule has 1 atom stereocenters. The van der Waals surface area contributed by atoms with Gasteiger partial charge in [0, 0.05) is 0 Å². The molecular weight excluding hydrogens is 198 g/mol. The topological polar surface area (TPSA) is 54.9 Å². The van der Waals surface area contributed by atoms with Crippen molar-refractivity contribution in [2.75, 3.05) is 0 Å². The van der Waals surface area contributed by atoms with E-state index in [9.17, 15) is 4.79 Å². The van der Waals surface area contributed by atoms with Gasteiger partial charge in [0.2, 0.25) is 0 Å². The van der Waals surface area contributed by atoms with Gasteiger partial charge in [-0.15, -0.1) is 11.5 Å². The molecule has 0 saturated heterocycles. The third-order valence-corrected chi connectivity index (χ3v) is 2.46. The third-order valence-electron chi connectivity index (χ3n) is 1.69. The molecule has 1 rings (SSSR count). The van der Waals surface area contributed by atoms with E-state index in [1.165, 1.54) is 0 Å². The molecule has 0 aliphatic carbocycles. The van der Waals surface area contributed by atoms with Crippen molar-refractivity contribution in [3.05, 3.63) is 10.6 Å². The van der Waals surface area contributed by atoms with E-state index in [0.29, 0.717) is 11.3 Å². The largest absolute Gasteiger partial charge is 0.338 e. The minimum Gasteiger partial charge on any atom is -0.338 e. The summed E-state index contributed by atoms with van der Waals surface area (Å²) in [7, 11) is 0. The lowest BCUT2D eigenvalue weighted by atomic mass is 10.2. The van der Waals surface area contributed by atoms with Gasteiger partial charge >= 0.3 is 0 Å². The molecule has 5 heteroatoms. The van der Waals surface area contributed by atoms with Gasteiger partial charge in [-0.05, 0) is 24.9 Å². The number of carbonyl (C=O) groups is 1. The van der Waals surface area contributed by atoms with Crippen LogP contribution >= 0.6 is 11.5 Å². The Morgan fingerprint density at radius 1 is 1.79 bits per heavy atom. The SMILES string of the molecule is C#CC(C)NC(=O)c1snnc1CC. The number of aryl methyl sites for hydroxylation is 1. The van der Waals surface area contributed by atoms with Crippen LogP contribution in [0, 0.1) is 12.3 Å². The highest BCUT2D eigenvalue weighted by molar-refractivity contribution is 7.08. The Labute approximate surface area is 86.9 Å². The molecule has 0 aliphatic rings. The molecule has 1 N–H and O–H groups in total. The summed E-state index contributed by atoms with van der Waals surface area (Å²) in [5.74, 6) is 2.23. The van der Waals surface area contributed by atoms with E-state index in [0.717, 1.165) is 17.2 Å². The number of nitrogens with zero attached hydrogens (tertiary/aromatic N) is 2. The molecule has 1 unspecified atom stereocenters. The maximum atomic E-state index is 11.6. The lowest BCUT2D eigenvalue weighted by Crippen LogP contribution is -2.31. The molecular formula is C9H11N3OS. The van der Waals surface area contributed by atoms with Crippen molar-refractivity contribution in [1.82, 2.24) is 14.9 Å². The van der Waals surface area contributed by atoms with Gasteiger partial charge < -0.3 is 5.32 Å². The Bertz CT molecular complexity index is 366. The van der Waals surface area contributed by atoms with Crippen LogP contribution in [0.5, 0.6) is 0 Å². The number of hydrogen-bond acceptors (Lipinski definition) is 4. The summed E-state index contributed by atoms with van der Waals surface area (Å²) in [6, 6.07) is -0.269. The maximum Gasteiger partial charge on any atom is 0.265 e. The normalized spacial score (nSPS) is 11.8. The Morgan fingerprint density at radius 3 is 3.07 bits per heavy atom. The molecule has 1 heterocycles. The van der Waals surface area contributed by atoms with Gasteiger partial charge in [-0.1, -0.05) is 17.3 Å². The minimum atomic E-state index is -0.269. The van der Waals surface area contributed by atoms with Crippen molar-refractivity contribution in [3.8, 4) is 12.3 Å². The second-order valence-corrected chi connectivity index (χ2v) is 3.52. The van der Waals surface area contributed by atoms with Crippen LogP contribution in [0.2, 0.25) is 0 Å². The average Bonchev–Trinajstić information content (AvgIpc) is 2.65. The van der Waals surface area contributed by atoms with E-state index in [1.54, 1.807) is 6.92 Å². The van der Waals surface area contributed by atoms with Crippen molar-refractivity contribution in [2.24, 2.45) is 0 Å². The molecule has 74 valence electrons. The quantitative estimate of drug-likeness (QED) is 0.751. The molecule has 0 radical (unpaired) electrons. The highest BCUT2D eigenvalue weighted by Gasteiger charge is 2.15. The Kier molecular flexibility index (Phi) is 3.60. The first-order valence-electron chi connectivity index (χ1n) is 4.27. The van der Waals surface area contributed by atoms with Gasteiger partial charge in [0.25, 0.3) is 5.91 Å². The van der Waals surface area contributed by atoms with Gasteiger partial charge in [0.05, 0.1) is 11.7 Å². The van der Waals surface area contributed by atoms with Gasteiger partial charge in [-0.2, -0.15) is 0 Å². The molecule has 14 heavy (non-hydrogen) atoms. The molecule has 4 nitrogen and oxygen atoms in total. The number of terminal acetylenes is 1. The fraction of sp³-hybridized carbons (Fsp3) is 0.444. The highest BCUT2D eigenvalue weighted by atomic mass is 32.1. The molecule has 0 spiro atoms. The first kappa shape index (κ1) is 10.7. The van der Waals surface area contributed by atoms with Gasteiger partial charge in [-0.25, -0.2) is 0 Å². The predicted molar refractivity (Wildman–Crippen MR) is 55.0 cm³/mol. The van der Waals surface area contributed by atoms with Crippen LogP contribution in [-0.4, -0.2) is 21.5 Å². The summed E-state index contributed by atoms with van der Waals surface area (Å²) in [5, 5.41) is 6.51. The van der Waals surface area contributed by atoms with Gasteiger partial charge in [0.1, 0.15) is 4.88 Å². The third kappa shape index (κ3) is 2.30. The van der Waals surface area contributed by atoms with E-state index in [4.69, 9.17) is 6.42 Å². The summed E-state index contributed by atoms with van der Waals surface area (Å²) >= 11 is 1.09. The van der Waals surface area contributed by atoms with Crippen molar-refractivity contribution in [3.63, 3.8) is 0 Å². The lowest BCUT2D eigenvalue weighted by Gasteiger charge is -2.05. The molecule has 0 aromatic carbocycles. The molecule has 1 aromatic rings. The van der Waals surface area contributed by atoms with E-state index >= 15 is 0 Å². The first-order valence-corrected chi connectivity index (χ1v) is 5.04. The number of nitrogens with one attached hydrogen (secondary N) is 1. The van der Waals surface area contributed by atoms with Crippen LogP contribution in [-0.2, 0) is 6.42 Å². The zero-order chi connectivity index (χ0) is 10.6. The summed E-state index contributed by atoms with van der Waals surface area (Å²) < 4.78 is 3.73. The monoisotopic (exact) mass is 209 g/mol. The second-order valence-electron chi connectivity index (χ2n) is 2.76. The van der Waals surface area contributed by atoms with Crippen LogP contribution in [0.25, 0.3) is 0 Å². The van der Waals surface area contributed by atoms with Crippen LogP contribution in [0.3, 0.4) is 0 Å². The highest BCUT2D eigenvalue weighted by Crippen LogP contribution is 2.10. The summed E-state index contributed by atoms with van der Waals surface area (Å²) in [5.41, 5.74) is 0.719. The van der Waals surface area contributed by atoms with Gasteiger partial charge in [0.15, 0.2) is 0 Å². The smallest absolute Gasteiger partial charge is 0.265 e. The van der Waals surface area contributed by atoms with Crippen LogP contribution < -0.4 is 5.32 Å². The number of carbonyl (C=O) groups excluding carboxylic acids is 1. The Morgan fingerprint density at radius 2 is 2.50 bits per heavy atom. The van der Waals surface area contributed by atoms with Crippen LogP contribution in [0.4, 0.5) is 0 Å². The predicted octanol–water partition coefficient (Wildman–Crippen LogP) is 0.852. The molecule has 0 aliphatic heterocycles. The summed E-state index contributed by atoms with van der Waals surface area (Å²) in [6.45, 7) is 3.68. The van der Waals surface area contributed by atoms with E-state index in [1.807, 2.05) is 6.92 Å². The summed E-state index contributed by atoms with van der Waals surface area (Å²) in [6.07, 6.45) is 5.85.